The second kappa shape index (κ2) is 10.8. The van der Waals surface area contributed by atoms with Gasteiger partial charge < -0.3 is 9.42 Å². The van der Waals surface area contributed by atoms with Gasteiger partial charge in [-0.1, -0.05) is 71.7 Å². The number of piperidine rings is 1. The molecule has 1 aromatic heterocycles. The van der Waals surface area contributed by atoms with Crippen molar-refractivity contribution in [1.82, 2.24) is 10.1 Å². The van der Waals surface area contributed by atoms with E-state index in [-0.39, 0.29) is 11.7 Å². The van der Waals surface area contributed by atoms with Gasteiger partial charge in [-0.3, -0.25) is 9.59 Å². The number of likely N-dealkylation sites (tertiary alicyclic amines) is 1. The number of benzene rings is 2. The summed E-state index contributed by atoms with van der Waals surface area (Å²) < 4.78 is 5.38. The fourth-order valence-electron chi connectivity index (χ4n) is 4.80. The number of aromatic nitrogens is 1. The average molecular weight is 511 g/mol. The van der Waals surface area contributed by atoms with E-state index in [4.69, 9.17) is 27.7 Å². The normalized spacial score (nSPS) is 15.5. The van der Waals surface area contributed by atoms with Crippen molar-refractivity contribution in [3.05, 3.63) is 81.5 Å². The highest BCUT2D eigenvalue weighted by molar-refractivity contribution is 6.39. The molecule has 2 aromatic carbocycles. The molecule has 0 atom stereocenters. The van der Waals surface area contributed by atoms with Crippen LogP contribution in [0.1, 0.15) is 49.5 Å². The number of hydrogen-bond acceptors (Lipinski definition) is 4. The van der Waals surface area contributed by atoms with Crippen LogP contribution in [-0.4, -0.2) is 34.8 Å². The lowest BCUT2D eigenvalue weighted by atomic mass is 9.68. The van der Waals surface area contributed by atoms with Gasteiger partial charge >= 0.3 is 0 Å². The Balaban J connectivity index is 1.53. The number of Topliss-reactive ketones (excluding diaryl/α,β-unsaturated/α-hetero) is 1. The maximum absolute atomic E-state index is 13.2. The lowest BCUT2D eigenvalue weighted by Crippen LogP contribution is -2.48. The van der Waals surface area contributed by atoms with Crippen molar-refractivity contribution in [3.63, 3.8) is 0 Å². The first-order valence-electron chi connectivity index (χ1n) is 11.8. The number of rotatable bonds is 7. The summed E-state index contributed by atoms with van der Waals surface area (Å²) in [4.78, 5) is 28.1. The van der Waals surface area contributed by atoms with Crippen molar-refractivity contribution in [2.24, 2.45) is 0 Å². The SMILES string of the molecule is CCCC(=O)C1(c2ccccc2)CCN(C(=O)/C=C/c2c(-c3c(Cl)cccc3Cl)noc2C)CC1. The molecule has 1 saturated heterocycles. The van der Waals surface area contributed by atoms with Crippen molar-refractivity contribution in [1.29, 1.82) is 0 Å². The number of nitrogens with zero attached hydrogens (tertiary/aromatic N) is 2. The Morgan fingerprint density at radius 2 is 1.71 bits per heavy atom. The van der Waals surface area contributed by atoms with E-state index in [0.29, 0.717) is 65.0 Å². The summed E-state index contributed by atoms with van der Waals surface area (Å²) in [7, 11) is 0. The molecule has 4 rings (SSSR count). The first-order valence-corrected chi connectivity index (χ1v) is 12.6. The van der Waals surface area contributed by atoms with E-state index in [9.17, 15) is 9.59 Å². The van der Waals surface area contributed by atoms with Gasteiger partial charge in [-0.15, -0.1) is 0 Å². The molecular formula is C28H28Cl2N2O3. The molecule has 0 aliphatic carbocycles. The van der Waals surface area contributed by atoms with Gasteiger partial charge in [0.25, 0.3) is 0 Å². The molecule has 7 heteroatoms. The monoisotopic (exact) mass is 510 g/mol. The topological polar surface area (TPSA) is 63.4 Å². The van der Waals surface area contributed by atoms with Crippen LogP contribution in [0, 0.1) is 6.92 Å². The van der Waals surface area contributed by atoms with Gasteiger partial charge in [-0.05, 0) is 50.0 Å². The Hall–Kier alpha value is -2.89. The van der Waals surface area contributed by atoms with Crippen LogP contribution in [0.2, 0.25) is 10.0 Å². The minimum Gasteiger partial charge on any atom is -0.360 e. The minimum atomic E-state index is -0.531. The van der Waals surface area contributed by atoms with Gasteiger partial charge in [0.2, 0.25) is 5.91 Å². The van der Waals surface area contributed by atoms with Crippen LogP contribution in [0.25, 0.3) is 17.3 Å². The number of hydrogen-bond donors (Lipinski definition) is 0. The quantitative estimate of drug-likeness (QED) is 0.324. The summed E-state index contributed by atoms with van der Waals surface area (Å²) in [5.74, 6) is 0.702. The second-order valence-electron chi connectivity index (χ2n) is 8.88. The second-order valence-corrected chi connectivity index (χ2v) is 9.69. The largest absolute Gasteiger partial charge is 0.360 e. The number of amides is 1. The number of carbonyl (C=O) groups excluding carboxylic acids is 2. The van der Waals surface area contributed by atoms with E-state index in [1.54, 1.807) is 36.1 Å². The summed E-state index contributed by atoms with van der Waals surface area (Å²) in [6.07, 6.45) is 5.81. The molecule has 0 spiro atoms. The number of halogens is 2. The molecule has 1 aliphatic rings. The molecule has 0 unspecified atom stereocenters. The minimum absolute atomic E-state index is 0.119. The fourth-order valence-corrected chi connectivity index (χ4v) is 5.38. The van der Waals surface area contributed by atoms with Crippen LogP contribution in [0.15, 0.2) is 59.1 Å². The molecule has 1 aliphatic heterocycles. The number of aryl methyl sites for hydroxylation is 1. The molecule has 0 saturated carbocycles. The first-order chi connectivity index (χ1) is 16.9. The number of ketones is 1. The van der Waals surface area contributed by atoms with Crippen LogP contribution in [0.5, 0.6) is 0 Å². The van der Waals surface area contributed by atoms with Gasteiger partial charge in [0.1, 0.15) is 17.2 Å². The third-order valence-corrected chi connectivity index (χ3v) is 7.40. The Morgan fingerprint density at radius 1 is 1.06 bits per heavy atom. The van der Waals surface area contributed by atoms with Crippen molar-refractivity contribution in [3.8, 4) is 11.3 Å². The first kappa shape index (κ1) is 25.2. The van der Waals surface area contributed by atoms with Crippen LogP contribution in [-0.2, 0) is 15.0 Å². The molecule has 35 heavy (non-hydrogen) atoms. The zero-order valence-corrected chi connectivity index (χ0v) is 21.4. The maximum atomic E-state index is 13.2. The predicted molar refractivity (Wildman–Crippen MR) is 140 cm³/mol. The summed E-state index contributed by atoms with van der Waals surface area (Å²) in [6, 6.07) is 15.2. The highest BCUT2D eigenvalue weighted by Gasteiger charge is 2.42. The zero-order valence-electron chi connectivity index (χ0n) is 19.9. The fraction of sp³-hybridized carbons (Fsp3) is 0.321. The molecular weight excluding hydrogens is 483 g/mol. The zero-order chi connectivity index (χ0) is 25.0. The van der Waals surface area contributed by atoms with Crippen molar-refractivity contribution in [2.45, 2.75) is 44.9 Å². The Morgan fingerprint density at radius 3 is 2.34 bits per heavy atom. The lowest BCUT2D eigenvalue weighted by Gasteiger charge is -2.41. The average Bonchev–Trinajstić information content (AvgIpc) is 3.23. The summed E-state index contributed by atoms with van der Waals surface area (Å²) >= 11 is 12.7. The molecule has 1 fully saturated rings. The molecule has 3 aromatic rings. The molecule has 0 radical (unpaired) electrons. The van der Waals surface area contributed by atoms with Gasteiger partial charge in [0.15, 0.2) is 0 Å². The summed E-state index contributed by atoms with van der Waals surface area (Å²) in [5, 5.41) is 5.04. The van der Waals surface area contributed by atoms with Crippen LogP contribution in [0.4, 0.5) is 0 Å². The third kappa shape index (κ3) is 5.07. The molecule has 2 heterocycles. The van der Waals surface area contributed by atoms with Gasteiger partial charge in [0.05, 0.1) is 15.5 Å². The Bertz CT molecular complexity index is 1220. The van der Waals surface area contributed by atoms with E-state index < -0.39 is 5.41 Å². The third-order valence-electron chi connectivity index (χ3n) is 6.77. The Kier molecular flexibility index (Phi) is 7.78. The molecule has 0 N–H and O–H groups in total. The highest BCUT2D eigenvalue weighted by Crippen LogP contribution is 2.39. The molecule has 1 amide bonds. The molecule has 0 bridgehead atoms. The highest BCUT2D eigenvalue weighted by atomic mass is 35.5. The van der Waals surface area contributed by atoms with E-state index in [0.717, 1.165) is 12.0 Å². The van der Waals surface area contributed by atoms with Gasteiger partial charge in [0, 0.05) is 36.7 Å². The smallest absolute Gasteiger partial charge is 0.246 e. The number of carbonyl (C=O) groups is 2. The molecule has 5 nitrogen and oxygen atoms in total. The van der Waals surface area contributed by atoms with Crippen molar-refractivity contribution >= 4 is 41.0 Å². The van der Waals surface area contributed by atoms with Crippen LogP contribution >= 0.6 is 23.2 Å². The lowest BCUT2D eigenvalue weighted by molar-refractivity contribution is -0.132. The summed E-state index contributed by atoms with van der Waals surface area (Å²) in [6.45, 7) is 4.83. The summed E-state index contributed by atoms with van der Waals surface area (Å²) in [5.41, 5.74) is 2.23. The van der Waals surface area contributed by atoms with Crippen LogP contribution in [0.3, 0.4) is 0 Å². The van der Waals surface area contributed by atoms with Crippen molar-refractivity contribution in [2.75, 3.05) is 13.1 Å². The van der Waals surface area contributed by atoms with Gasteiger partial charge in [-0.2, -0.15) is 0 Å². The Labute approximate surface area is 215 Å². The van der Waals surface area contributed by atoms with E-state index in [1.165, 1.54) is 6.08 Å². The van der Waals surface area contributed by atoms with E-state index in [2.05, 4.69) is 5.16 Å². The van der Waals surface area contributed by atoms with E-state index >= 15 is 0 Å². The predicted octanol–water partition coefficient (Wildman–Crippen LogP) is 6.90. The van der Waals surface area contributed by atoms with Crippen LogP contribution < -0.4 is 0 Å². The maximum Gasteiger partial charge on any atom is 0.246 e. The standard InChI is InChI=1S/C28H28Cl2N2O3/c1-3-8-24(33)28(20-9-5-4-6-10-20)15-17-32(18-16-28)25(34)14-13-21-19(2)35-31-27(21)26-22(29)11-7-12-23(26)30/h4-7,9-14H,3,8,15-18H2,1-2H3/b14-13+. The van der Waals surface area contributed by atoms with E-state index in [1.807, 2.05) is 37.3 Å². The molecule has 182 valence electrons. The van der Waals surface area contributed by atoms with Crippen molar-refractivity contribution < 1.29 is 14.1 Å². The van der Waals surface area contributed by atoms with Gasteiger partial charge in [-0.25, -0.2) is 0 Å².